The fourth-order valence-corrected chi connectivity index (χ4v) is 3.59. The van der Waals surface area contributed by atoms with Crippen LogP contribution in [0.1, 0.15) is 40.3 Å². The highest BCUT2D eigenvalue weighted by molar-refractivity contribution is 7.09. The molecule has 0 unspecified atom stereocenters. The molecule has 0 radical (unpaired) electrons. The Hall–Kier alpha value is -2.25. The Morgan fingerprint density at radius 1 is 1.28 bits per heavy atom. The van der Waals surface area contributed by atoms with Gasteiger partial charge in [-0.2, -0.15) is 0 Å². The van der Waals surface area contributed by atoms with E-state index in [4.69, 9.17) is 5.73 Å². The fraction of sp³-hybridized carbons (Fsp3) is 0.389. The van der Waals surface area contributed by atoms with Crippen LogP contribution in [-0.4, -0.2) is 29.9 Å². The van der Waals surface area contributed by atoms with Gasteiger partial charge in [0, 0.05) is 37.0 Å². The van der Waals surface area contributed by atoms with E-state index in [2.05, 4.69) is 10.3 Å². The summed E-state index contributed by atoms with van der Waals surface area (Å²) in [4.78, 5) is 30.2. The number of nitrogens with zero attached hydrogens (tertiary/aromatic N) is 2. The molecular formula is C18H22N4O2S. The molecule has 2 amide bonds. The predicted octanol–water partition coefficient (Wildman–Crippen LogP) is 2.09. The molecule has 2 heterocycles. The van der Waals surface area contributed by atoms with Gasteiger partial charge in [0.25, 0.3) is 5.91 Å². The largest absolute Gasteiger partial charge is 0.347 e. The van der Waals surface area contributed by atoms with E-state index in [-0.39, 0.29) is 11.8 Å². The van der Waals surface area contributed by atoms with Crippen LogP contribution in [-0.2, 0) is 17.8 Å². The lowest BCUT2D eigenvalue weighted by Gasteiger charge is -2.26. The molecule has 1 fully saturated rings. The molecule has 1 aromatic carbocycles. The van der Waals surface area contributed by atoms with Crippen LogP contribution in [0.4, 0.5) is 5.69 Å². The summed E-state index contributed by atoms with van der Waals surface area (Å²) in [5.41, 5.74) is 7.84. The van der Waals surface area contributed by atoms with Crippen LogP contribution in [0.25, 0.3) is 0 Å². The highest BCUT2D eigenvalue weighted by Crippen LogP contribution is 2.21. The van der Waals surface area contributed by atoms with Crippen molar-refractivity contribution in [3.8, 4) is 0 Å². The number of thiazole rings is 1. The summed E-state index contributed by atoms with van der Waals surface area (Å²) in [5.74, 6) is -0.000996. The number of nitrogens with one attached hydrogen (secondary N) is 1. The number of aromatic nitrogens is 1. The number of benzene rings is 1. The Morgan fingerprint density at radius 3 is 2.80 bits per heavy atom. The first-order chi connectivity index (χ1) is 12.2. The molecule has 6 nitrogen and oxygen atoms in total. The van der Waals surface area contributed by atoms with Gasteiger partial charge in [0.2, 0.25) is 5.91 Å². The van der Waals surface area contributed by atoms with Crippen molar-refractivity contribution in [2.24, 2.45) is 5.73 Å². The molecule has 1 saturated heterocycles. The lowest BCUT2D eigenvalue weighted by atomic mass is 10.1. The zero-order valence-corrected chi connectivity index (χ0v) is 14.8. The third-order valence-electron chi connectivity index (χ3n) is 4.17. The first-order valence-corrected chi connectivity index (χ1v) is 9.37. The van der Waals surface area contributed by atoms with Crippen molar-refractivity contribution in [3.05, 3.63) is 45.9 Å². The van der Waals surface area contributed by atoms with E-state index < -0.39 is 0 Å². The van der Waals surface area contributed by atoms with E-state index in [1.54, 1.807) is 5.38 Å². The second-order valence-corrected chi connectivity index (χ2v) is 6.96. The third-order valence-corrected chi connectivity index (χ3v) is 5.08. The van der Waals surface area contributed by atoms with Gasteiger partial charge in [-0.1, -0.05) is 12.1 Å². The fourth-order valence-electron chi connectivity index (χ4n) is 2.80. The Kier molecular flexibility index (Phi) is 5.78. The first-order valence-electron chi connectivity index (χ1n) is 8.49. The van der Waals surface area contributed by atoms with E-state index in [0.29, 0.717) is 31.6 Å². The van der Waals surface area contributed by atoms with Gasteiger partial charge in [0.05, 0.1) is 5.01 Å². The van der Waals surface area contributed by atoms with Gasteiger partial charge in [0.1, 0.15) is 5.69 Å². The predicted molar refractivity (Wildman–Crippen MR) is 98.7 cm³/mol. The number of carbonyl (C=O) groups excluding carboxylic acids is 2. The number of amides is 2. The van der Waals surface area contributed by atoms with Crippen LogP contribution in [0, 0.1) is 0 Å². The second kappa shape index (κ2) is 8.22. The summed E-state index contributed by atoms with van der Waals surface area (Å²) in [6.07, 6.45) is 3.33. The molecule has 2 aromatic rings. The molecule has 3 N–H and O–H groups in total. The van der Waals surface area contributed by atoms with Crippen molar-refractivity contribution in [2.45, 2.75) is 32.2 Å². The number of nitrogens with two attached hydrogens (primary N) is 1. The molecular weight excluding hydrogens is 336 g/mol. The van der Waals surface area contributed by atoms with Crippen LogP contribution in [0.5, 0.6) is 0 Å². The number of anilines is 1. The maximum absolute atomic E-state index is 12.1. The minimum absolute atomic E-state index is 0.184. The molecule has 0 aliphatic carbocycles. The van der Waals surface area contributed by atoms with E-state index in [1.807, 2.05) is 29.2 Å². The smallest absolute Gasteiger partial charge is 0.271 e. The summed E-state index contributed by atoms with van der Waals surface area (Å²) in [6.45, 7) is 1.74. The maximum Gasteiger partial charge on any atom is 0.271 e. The summed E-state index contributed by atoms with van der Waals surface area (Å²) in [5, 5.41) is 5.51. The van der Waals surface area contributed by atoms with Crippen LogP contribution >= 0.6 is 11.3 Å². The highest BCUT2D eigenvalue weighted by atomic mass is 32.1. The van der Waals surface area contributed by atoms with Gasteiger partial charge in [-0.15, -0.1) is 11.3 Å². The van der Waals surface area contributed by atoms with Crippen molar-refractivity contribution >= 4 is 28.8 Å². The molecule has 3 rings (SSSR count). The van der Waals surface area contributed by atoms with Crippen molar-refractivity contribution < 1.29 is 9.59 Å². The molecule has 1 aromatic heterocycles. The Morgan fingerprint density at radius 2 is 2.08 bits per heavy atom. The van der Waals surface area contributed by atoms with E-state index in [9.17, 15) is 9.59 Å². The van der Waals surface area contributed by atoms with Crippen LogP contribution in [0.15, 0.2) is 29.6 Å². The standard InChI is InChI=1S/C18H22N4O2S/c19-9-8-16-21-15(12-25-16)18(24)20-11-13-4-6-14(7-5-13)22-10-2-1-3-17(22)23/h4-7,12H,1-3,8-11,19H2,(H,20,24). The molecule has 1 aliphatic heterocycles. The normalized spacial score (nSPS) is 14.6. The molecule has 25 heavy (non-hydrogen) atoms. The van der Waals surface area contributed by atoms with Crippen molar-refractivity contribution in [2.75, 3.05) is 18.0 Å². The quantitative estimate of drug-likeness (QED) is 0.828. The maximum atomic E-state index is 12.1. The van der Waals surface area contributed by atoms with Crippen LogP contribution in [0.3, 0.4) is 0 Å². The number of hydrogen-bond acceptors (Lipinski definition) is 5. The van der Waals surface area contributed by atoms with Gasteiger partial charge in [-0.3, -0.25) is 9.59 Å². The van der Waals surface area contributed by atoms with Gasteiger partial charge < -0.3 is 16.0 Å². The van der Waals surface area contributed by atoms with Crippen molar-refractivity contribution in [3.63, 3.8) is 0 Å². The minimum Gasteiger partial charge on any atom is -0.347 e. The molecule has 0 atom stereocenters. The monoisotopic (exact) mass is 358 g/mol. The zero-order chi connectivity index (χ0) is 17.6. The number of rotatable bonds is 6. The number of piperidine rings is 1. The number of hydrogen-bond donors (Lipinski definition) is 2. The third kappa shape index (κ3) is 4.43. The van der Waals surface area contributed by atoms with E-state index >= 15 is 0 Å². The highest BCUT2D eigenvalue weighted by Gasteiger charge is 2.19. The molecule has 132 valence electrons. The summed E-state index contributed by atoms with van der Waals surface area (Å²) >= 11 is 1.45. The Bertz CT molecular complexity index is 742. The SMILES string of the molecule is NCCc1nc(C(=O)NCc2ccc(N3CCCCC3=O)cc2)cs1. The second-order valence-electron chi connectivity index (χ2n) is 6.02. The Labute approximate surface area is 151 Å². The van der Waals surface area contributed by atoms with Gasteiger partial charge in [-0.05, 0) is 37.1 Å². The Balaban J connectivity index is 1.56. The van der Waals surface area contributed by atoms with E-state index in [0.717, 1.165) is 35.6 Å². The van der Waals surface area contributed by atoms with Gasteiger partial charge in [0.15, 0.2) is 0 Å². The molecule has 1 aliphatic rings. The average molecular weight is 358 g/mol. The summed E-state index contributed by atoms with van der Waals surface area (Å²) < 4.78 is 0. The van der Waals surface area contributed by atoms with Crippen LogP contribution < -0.4 is 16.0 Å². The number of carbonyl (C=O) groups is 2. The summed E-state index contributed by atoms with van der Waals surface area (Å²) in [7, 11) is 0. The lowest BCUT2D eigenvalue weighted by molar-refractivity contribution is -0.119. The topological polar surface area (TPSA) is 88.3 Å². The van der Waals surface area contributed by atoms with Crippen molar-refractivity contribution in [1.82, 2.24) is 10.3 Å². The first kappa shape index (κ1) is 17.6. The lowest BCUT2D eigenvalue weighted by Crippen LogP contribution is -2.35. The van der Waals surface area contributed by atoms with E-state index in [1.165, 1.54) is 11.3 Å². The summed E-state index contributed by atoms with van der Waals surface area (Å²) in [6, 6.07) is 7.76. The van der Waals surface area contributed by atoms with Crippen LogP contribution in [0.2, 0.25) is 0 Å². The molecule has 0 saturated carbocycles. The van der Waals surface area contributed by atoms with Gasteiger partial charge in [-0.25, -0.2) is 4.98 Å². The molecule has 0 bridgehead atoms. The zero-order valence-electron chi connectivity index (χ0n) is 14.0. The average Bonchev–Trinajstić information content (AvgIpc) is 3.10. The van der Waals surface area contributed by atoms with Gasteiger partial charge >= 0.3 is 0 Å². The molecule has 0 spiro atoms. The minimum atomic E-state index is -0.185. The molecule has 7 heteroatoms. The van der Waals surface area contributed by atoms with Crippen molar-refractivity contribution in [1.29, 1.82) is 0 Å².